The first-order chi connectivity index (χ1) is 13.8. The summed E-state index contributed by atoms with van der Waals surface area (Å²) in [5.74, 6) is -0.718. The van der Waals surface area contributed by atoms with Crippen molar-refractivity contribution >= 4 is 27.7 Å². The zero-order valence-electron chi connectivity index (χ0n) is 15.9. The third-order valence-electron chi connectivity index (χ3n) is 5.13. The Balaban J connectivity index is 1.40. The molecular formula is C20H21N3O5S. The first-order valence-electron chi connectivity index (χ1n) is 9.38. The smallest absolute Gasteiger partial charge is 0.340 e. The fraction of sp³-hybridized carbons (Fsp3) is 0.350. The van der Waals surface area contributed by atoms with Crippen LogP contribution in [0.15, 0.2) is 52.6 Å². The molecule has 0 unspecified atom stereocenters. The summed E-state index contributed by atoms with van der Waals surface area (Å²) < 4.78 is 32.2. The second-order valence-electron chi connectivity index (χ2n) is 7.17. The number of rotatable bonds is 3. The maximum atomic E-state index is 12.7. The van der Waals surface area contributed by atoms with E-state index in [-0.39, 0.29) is 29.6 Å². The van der Waals surface area contributed by atoms with Crippen LogP contribution in [0.2, 0.25) is 0 Å². The number of nitrogens with zero attached hydrogens (tertiary/aromatic N) is 3. The van der Waals surface area contributed by atoms with Gasteiger partial charge in [-0.3, -0.25) is 4.79 Å². The van der Waals surface area contributed by atoms with Gasteiger partial charge in [0.1, 0.15) is 5.84 Å². The molecule has 3 heterocycles. The number of carbonyl (C=O) groups excluding carboxylic acids is 2. The molecule has 152 valence electrons. The molecule has 29 heavy (non-hydrogen) atoms. The van der Waals surface area contributed by atoms with Crippen molar-refractivity contribution in [2.75, 3.05) is 18.8 Å². The number of fused-ring (bicyclic) bond motifs is 2. The molecule has 3 aliphatic heterocycles. The number of hydrogen-bond donors (Lipinski definition) is 0. The normalized spacial score (nSPS) is 20.7. The van der Waals surface area contributed by atoms with Gasteiger partial charge in [-0.05, 0) is 36.6 Å². The Morgan fingerprint density at radius 3 is 2.69 bits per heavy atom. The van der Waals surface area contributed by atoms with E-state index in [0.29, 0.717) is 13.1 Å². The van der Waals surface area contributed by atoms with Crippen molar-refractivity contribution in [2.24, 2.45) is 4.40 Å². The molecule has 8 nitrogen and oxygen atoms in total. The lowest BCUT2D eigenvalue weighted by molar-refractivity contribution is -0.156. The van der Waals surface area contributed by atoms with Gasteiger partial charge >= 0.3 is 5.97 Å². The summed E-state index contributed by atoms with van der Waals surface area (Å²) in [5.41, 5.74) is 2.59. The third-order valence-corrected chi connectivity index (χ3v) is 6.30. The zero-order valence-corrected chi connectivity index (χ0v) is 16.8. The minimum Gasteiger partial charge on any atom is -0.449 e. The minimum atomic E-state index is -3.46. The number of hydrogen-bond acceptors (Lipinski definition) is 6. The van der Waals surface area contributed by atoms with Crippen LogP contribution < -0.4 is 0 Å². The number of benzene rings is 1. The summed E-state index contributed by atoms with van der Waals surface area (Å²) >= 11 is 0. The van der Waals surface area contributed by atoms with Crippen molar-refractivity contribution in [2.45, 2.75) is 26.0 Å². The van der Waals surface area contributed by atoms with Crippen LogP contribution in [0.25, 0.3) is 0 Å². The quantitative estimate of drug-likeness (QED) is 0.684. The summed E-state index contributed by atoms with van der Waals surface area (Å²) in [4.78, 5) is 28.5. The maximum absolute atomic E-state index is 12.7. The molecule has 4 rings (SSSR count). The SMILES string of the molecule is C[C@H](OC(=O)C1=CN2CCS(=O)(=O)N=C2C=C1)C(=O)N1CCc2ccccc2C1. The summed E-state index contributed by atoms with van der Waals surface area (Å²) in [6, 6.07) is 7.99. The lowest BCUT2D eigenvalue weighted by atomic mass is 9.99. The van der Waals surface area contributed by atoms with E-state index in [1.165, 1.54) is 23.9 Å². The Hall–Kier alpha value is -2.94. The van der Waals surface area contributed by atoms with Crippen molar-refractivity contribution in [1.82, 2.24) is 9.80 Å². The van der Waals surface area contributed by atoms with Gasteiger partial charge in [0.15, 0.2) is 6.10 Å². The topological polar surface area (TPSA) is 96.3 Å². The Bertz CT molecular complexity index is 1060. The van der Waals surface area contributed by atoms with Gasteiger partial charge in [0.2, 0.25) is 0 Å². The van der Waals surface area contributed by atoms with Crippen LogP contribution in [-0.2, 0) is 37.3 Å². The van der Waals surface area contributed by atoms with Crippen molar-refractivity contribution < 1.29 is 22.7 Å². The molecule has 1 aromatic rings. The van der Waals surface area contributed by atoms with Crippen LogP contribution in [0.4, 0.5) is 0 Å². The Kier molecular flexibility index (Phi) is 4.99. The average molecular weight is 415 g/mol. The number of esters is 1. The van der Waals surface area contributed by atoms with Gasteiger partial charge in [-0.1, -0.05) is 24.3 Å². The summed E-state index contributed by atoms with van der Waals surface area (Å²) in [5, 5.41) is 0. The molecule has 3 aliphatic rings. The fourth-order valence-electron chi connectivity index (χ4n) is 3.54. The van der Waals surface area contributed by atoms with Gasteiger partial charge in [-0.25, -0.2) is 13.2 Å². The molecule has 9 heteroatoms. The van der Waals surface area contributed by atoms with Gasteiger partial charge < -0.3 is 14.5 Å². The molecule has 0 fully saturated rings. The molecule has 1 aromatic carbocycles. The molecular weight excluding hydrogens is 394 g/mol. The van der Waals surface area contributed by atoms with Gasteiger partial charge in [0.25, 0.3) is 15.9 Å². The van der Waals surface area contributed by atoms with Gasteiger partial charge in [-0.2, -0.15) is 0 Å². The number of ether oxygens (including phenoxy) is 1. The molecule has 0 bridgehead atoms. The van der Waals surface area contributed by atoms with E-state index in [9.17, 15) is 18.0 Å². The van der Waals surface area contributed by atoms with Crippen molar-refractivity contribution in [3.8, 4) is 0 Å². The van der Waals surface area contributed by atoms with Crippen molar-refractivity contribution in [3.63, 3.8) is 0 Å². The fourth-order valence-corrected chi connectivity index (χ4v) is 4.51. The summed E-state index contributed by atoms with van der Waals surface area (Å²) in [6.07, 6.45) is 4.27. The van der Waals surface area contributed by atoms with Gasteiger partial charge in [0, 0.05) is 25.8 Å². The predicted octanol–water partition coefficient (Wildman–Crippen LogP) is 1.00. The molecule has 0 spiro atoms. The third kappa shape index (κ3) is 4.09. The lowest BCUT2D eigenvalue weighted by Crippen LogP contribution is -2.43. The second-order valence-corrected chi connectivity index (χ2v) is 8.93. The number of sulfonamides is 1. The highest BCUT2D eigenvalue weighted by Gasteiger charge is 2.29. The van der Waals surface area contributed by atoms with E-state index >= 15 is 0 Å². The molecule has 1 amide bonds. The number of amides is 1. The van der Waals surface area contributed by atoms with Crippen LogP contribution in [0, 0.1) is 0 Å². The molecule has 0 aliphatic carbocycles. The van der Waals surface area contributed by atoms with Crippen molar-refractivity contribution in [1.29, 1.82) is 0 Å². The van der Waals surface area contributed by atoms with Gasteiger partial charge in [0.05, 0.1) is 11.3 Å². The van der Waals surface area contributed by atoms with Crippen molar-refractivity contribution in [3.05, 3.63) is 59.3 Å². The number of amidine groups is 1. The number of carbonyl (C=O) groups is 2. The summed E-state index contributed by atoms with van der Waals surface area (Å²) in [7, 11) is -3.46. The molecule has 0 saturated heterocycles. The molecule has 0 N–H and O–H groups in total. The van der Waals surface area contributed by atoms with E-state index in [0.717, 1.165) is 12.0 Å². The Morgan fingerprint density at radius 2 is 1.90 bits per heavy atom. The highest BCUT2D eigenvalue weighted by molar-refractivity contribution is 7.90. The van der Waals surface area contributed by atoms with E-state index < -0.39 is 22.1 Å². The molecule has 0 saturated carbocycles. The van der Waals surface area contributed by atoms with E-state index in [1.807, 2.05) is 18.2 Å². The minimum absolute atomic E-state index is 0.117. The van der Waals surface area contributed by atoms with E-state index in [4.69, 9.17) is 4.74 Å². The van der Waals surface area contributed by atoms with Crippen LogP contribution in [0.1, 0.15) is 18.1 Å². The first kappa shape index (κ1) is 19.4. The molecule has 1 atom stereocenters. The van der Waals surface area contributed by atoms with Crippen LogP contribution in [0.5, 0.6) is 0 Å². The van der Waals surface area contributed by atoms with E-state index in [1.54, 1.807) is 16.7 Å². The molecule has 0 aromatic heterocycles. The monoisotopic (exact) mass is 415 g/mol. The standard InChI is InChI=1S/C20H21N3O5S/c1-14(19(24)23-9-8-15-4-2-3-5-16(15)12-23)28-20(25)17-6-7-18-21-29(26,27)11-10-22(18)13-17/h2-7,13-14H,8-12H2,1H3/t14-/m0/s1. The van der Waals surface area contributed by atoms with E-state index in [2.05, 4.69) is 10.5 Å². The largest absolute Gasteiger partial charge is 0.449 e. The predicted molar refractivity (Wildman–Crippen MR) is 106 cm³/mol. The summed E-state index contributed by atoms with van der Waals surface area (Å²) in [6.45, 7) is 2.86. The highest BCUT2D eigenvalue weighted by atomic mass is 32.2. The Labute approximate surface area is 169 Å². The van der Waals surface area contributed by atoms with Crippen LogP contribution in [-0.4, -0.2) is 60.9 Å². The van der Waals surface area contributed by atoms with Crippen LogP contribution >= 0.6 is 0 Å². The molecule has 0 radical (unpaired) electrons. The maximum Gasteiger partial charge on any atom is 0.340 e. The second kappa shape index (κ2) is 7.47. The highest BCUT2D eigenvalue weighted by Crippen LogP contribution is 2.21. The van der Waals surface area contributed by atoms with Gasteiger partial charge in [-0.15, -0.1) is 4.40 Å². The van der Waals surface area contributed by atoms with Crippen LogP contribution in [0.3, 0.4) is 0 Å². The zero-order chi connectivity index (χ0) is 20.6. The lowest BCUT2D eigenvalue weighted by Gasteiger charge is -2.31. The average Bonchev–Trinajstić information content (AvgIpc) is 2.71. The first-order valence-corrected chi connectivity index (χ1v) is 11.0. The Morgan fingerprint density at radius 1 is 1.14 bits per heavy atom.